The lowest BCUT2D eigenvalue weighted by atomic mass is 10.3. The third-order valence-electron chi connectivity index (χ3n) is 3.66. The lowest BCUT2D eigenvalue weighted by Gasteiger charge is -2.08. The predicted octanol–water partition coefficient (Wildman–Crippen LogP) is 2.43. The number of nitrogens with one attached hydrogen (secondary N) is 1. The van der Waals surface area contributed by atoms with Crippen LogP contribution in [0.4, 0.5) is 0 Å². The van der Waals surface area contributed by atoms with Crippen molar-refractivity contribution in [3.8, 4) is 0 Å². The number of aromatic nitrogens is 4. The van der Waals surface area contributed by atoms with Crippen LogP contribution in [0.2, 0.25) is 0 Å². The molecule has 21 heavy (non-hydrogen) atoms. The van der Waals surface area contributed by atoms with E-state index in [1.54, 1.807) is 0 Å². The molecule has 110 valence electrons. The second-order valence-electron chi connectivity index (χ2n) is 5.09. The van der Waals surface area contributed by atoms with Crippen molar-refractivity contribution in [2.24, 2.45) is 0 Å². The summed E-state index contributed by atoms with van der Waals surface area (Å²) in [7, 11) is 0. The Morgan fingerprint density at radius 1 is 1.24 bits per heavy atom. The van der Waals surface area contributed by atoms with Crippen LogP contribution in [0, 0.1) is 0 Å². The van der Waals surface area contributed by atoms with Crippen LogP contribution in [0.25, 0.3) is 11.0 Å². The number of benzene rings is 1. The zero-order valence-corrected chi connectivity index (χ0v) is 12.4. The van der Waals surface area contributed by atoms with Crippen LogP contribution in [0.3, 0.4) is 0 Å². The smallest absolute Gasteiger partial charge is 0.123 e. The Morgan fingerprint density at radius 3 is 2.95 bits per heavy atom. The summed E-state index contributed by atoms with van der Waals surface area (Å²) < 4.78 is 4.38. The molecule has 0 radical (unpaired) electrons. The average molecular weight is 283 g/mol. The first-order valence-corrected chi connectivity index (χ1v) is 7.49. The van der Waals surface area contributed by atoms with Gasteiger partial charge < -0.3 is 14.5 Å². The highest BCUT2D eigenvalue weighted by Crippen LogP contribution is 2.15. The Labute approximate surface area is 124 Å². The first-order valence-electron chi connectivity index (χ1n) is 7.49. The van der Waals surface area contributed by atoms with E-state index in [1.165, 1.54) is 5.52 Å². The van der Waals surface area contributed by atoms with Gasteiger partial charge in [0.15, 0.2) is 0 Å². The summed E-state index contributed by atoms with van der Waals surface area (Å²) in [5, 5.41) is 3.48. The molecule has 3 aromatic rings. The first-order chi connectivity index (χ1) is 10.4. The summed E-state index contributed by atoms with van der Waals surface area (Å²) in [4.78, 5) is 8.76. The molecule has 0 aliphatic heterocycles. The summed E-state index contributed by atoms with van der Waals surface area (Å²) in [6, 6.07) is 8.31. The molecule has 0 aliphatic rings. The number of nitrogens with zero attached hydrogens (tertiary/aromatic N) is 4. The first kappa shape index (κ1) is 13.8. The molecule has 0 amide bonds. The lowest BCUT2D eigenvalue weighted by Crippen LogP contribution is -2.19. The van der Waals surface area contributed by atoms with E-state index in [0.29, 0.717) is 0 Å². The van der Waals surface area contributed by atoms with Gasteiger partial charge in [0.1, 0.15) is 5.82 Å². The van der Waals surface area contributed by atoms with E-state index in [2.05, 4.69) is 44.6 Å². The van der Waals surface area contributed by atoms with Crippen LogP contribution in [-0.2, 0) is 19.6 Å². The standard InChI is InChI=1S/C16H21N5/c1-2-21-15-7-4-3-6-14(15)19-16(21)12-17-8-5-10-20-11-9-18-13-20/h3-4,6-7,9,11,13,17H,2,5,8,10,12H2,1H3. The summed E-state index contributed by atoms with van der Waals surface area (Å²) in [6.07, 6.45) is 6.76. The number of aryl methyl sites for hydroxylation is 2. The van der Waals surface area contributed by atoms with Crippen molar-refractivity contribution >= 4 is 11.0 Å². The van der Waals surface area contributed by atoms with Crippen molar-refractivity contribution < 1.29 is 0 Å². The largest absolute Gasteiger partial charge is 0.337 e. The van der Waals surface area contributed by atoms with Gasteiger partial charge in [0.2, 0.25) is 0 Å². The minimum Gasteiger partial charge on any atom is -0.337 e. The van der Waals surface area contributed by atoms with Gasteiger partial charge in [-0.1, -0.05) is 12.1 Å². The van der Waals surface area contributed by atoms with Gasteiger partial charge in [-0.15, -0.1) is 0 Å². The topological polar surface area (TPSA) is 47.7 Å². The number of para-hydroxylation sites is 2. The van der Waals surface area contributed by atoms with Crippen molar-refractivity contribution in [1.29, 1.82) is 0 Å². The Hall–Kier alpha value is -2.14. The lowest BCUT2D eigenvalue weighted by molar-refractivity contribution is 0.560. The molecule has 5 nitrogen and oxygen atoms in total. The number of hydrogen-bond acceptors (Lipinski definition) is 3. The summed E-state index contributed by atoms with van der Waals surface area (Å²) in [5.41, 5.74) is 2.30. The molecule has 0 spiro atoms. The minimum atomic E-state index is 0.812. The van der Waals surface area contributed by atoms with Crippen LogP contribution in [0.1, 0.15) is 19.2 Å². The summed E-state index contributed by atoms with van der Waals surface area (Å²) >= 11 is 0. The number of rotatable bonds is 7. The zero-order valence-electron chi connectivity index (χ0n) is 12.4. The minimum absolute atomic E-state index is 0.812. The third kappa shape index (κ3) is 3.13. The van der Waals surface area contributed by atoms with Crippen molar-refractivity contribution in [2.75, 3.05) is 6.54 Å². The fourth-order valence-corrected chi connectivity index (χ4v) is 2.62. The fourth-order valence-electron chi connectivity index (χ4n) is 2.62. The van der Waals surface area contributed by atoms with Gasteiger partial charge in [0, 0.05) is 25.5 Å². The molecule has 3 rings (SSSR count). The van der Waals surface area contributed by atoms with Crippen molar-refractivity contribution in [3.05, 3.63) is 48.8 Å². The van der Waals surface area contributed by atoms with Gasteiger partial charge in [-0.25, -0.2) is 9.97 Å². The molecule has 0 bridgehead atoms. The number of hydrogen-bond donors (Lipinski definition) is 1. The zero-order chi connectivity index (χ0) is 14.5. The molecule has 2 aromatic heterocycles. The molecule has 2 heterocycles. The van der Waals surface area contributed by atoms with Gasteiger partial charge in [-0.3, -0.25) is 0 Å². The van der Waals surface area contributed by atoms with E-state index in [0.717, 1.165) is 43.9 Å². The van der Waals surface area contributed by atoms with Gasteiger partial charge in [0.25, 0.3) is 0 Å². The molecule has 1 aromatic carbocycles. The average Bonchev–Trinajstić information content (AvgIpc) is 3.13. The van der Waals surface area contributed by atoms with Gasteiger partial charge in [-0.2, -0.15) is 0 Å². The maximum absolute atomic E-state index is 4.72. The van der Waals surface area contributed by atoms with Gasteiger partial charge >= 0.3 is 0 Å². The van der Waals surface area contributed by atoms with E-state index in [4.69, 9.17) is 4.98 Å². The van der Waals surface area contributed by atoms with Crippen LogP contribution in [0.5, 0.6) is 0 Å². The Kier molecular flexibility index (Phi) is 4.31. The second-order valence-corrected chi connectivity index (χ2v) is 5.09. The molecule has 1 N–H and O–H groups in total. The highest BCUT2D eigenvalue weighted by molar-refractivity contribution is 5.75. The maximum Gasteiger partial charge on any atom is 0.123 e. The second kappa shape index (κ2) is 6.54. The SMILES string of the molecule is CCn1c(CNCCCn2ccnc2)nc2ccccc21. The van der Waals surface area contributed by atoms with E-state index in [-0.39, 0.29) is 0 Å². The van der Waals surface area contributed by atoms with Crippen molar-refractivity contribution in [1.82, 2.24) is 24.4 Å². The molecule has 5 heteroatoms. The quantitative estimate of drug-likeness (QED) is 0.677. The maximum atomic E-state index is 4.72. The number of fused-ring (bicyclic) bond motifs is 1. The fraction of sp³-hybridized carbons (Fsp3) is 0.375. The molecule has 0 aliphatic carbocycles. The van der Waals surface area contributed by atoms with Crippen molar-refractivity contribution in [3.63, 3.8) is 0 Å². The number of imidazole rings is 2. The molecule has 0 saturated heterocycles. The van der Waals surface area contributed by atoms with E-state index >= 15 is 0 Å². The Balaban J connectivity index is 1.55. The summed E-state index contributed by atoms with van der Waals surface area (Å²) in [6.45, 7) is 5.90. The molecule has 0 saturated carbocycles. The van der Waals surface area contributed by atoms with Crippen LogP contribution >= 0.6 is 0 Å². The van der Waals surface area contributed by atoms with Crippen LogP contribution < -0.4 is 5.32 Å². The monoisotopic (exact) mass is 283 g/mol. The van der Waals surface area contributed by atoms with E-state index in [1.807, 2.05) is 24.8 Å². The van der Waals surface area contributed by atoms with Crippen molar-refractivity contribution in [2.45, 2.75) is 33.0 Å². The predicted molar refractivity (Wildman–Crippen MR) is 84.0 cm³/mol. The molecular formula is C16H21N5. The van der Waals surface area contributed by atoms with Crippen LogP contribution in [0.15, 0.2) is 43.0 Å². The molecule has 0 unspecified atom stereocenters. The van der Waals surface area contributed by atoms with Crippen LogP contribution in [-0.4, -0.2) is 25.6 Å². The van der Waals surface area contributed by atoms with Gasteiger partial charge in [0.05, 0.1) is 23.9 Å². The Bertz CT molecular complexity index is 684. The normalized spacial score (nSPS) is 11.3. The van der Waals surface area contributed by atoms with Gasteiger partial charge in [-0.05, 0) is 32.0 Å². The highest BCUT2D eigenvalue weighted by atomic mass is 15.1. The highest BCUT2D eigenvalue weighted by Gasteiger charge is 2.07. The summed E-state index contributed by atoms with van der Waals surface area (Å²) in [5.74, 6) is 1.11. The molecule has 0 fully saturated rings. The van der Waals surface area contributed by atoms with E-state index < -0.39 is 0 Å². The Morgan fingerprint density at radius 2 is 2.14 bits per heavy atom. The van der Waals surface area contributed by atoms with E-state index in [9.17, 15) is 0 Å². The molecule has 0 atom stereocenters. The third-order valence-corrected chi connectivity index (χ3v) is 3.66. The molecular weight excluding hydrogens is 262 g/mol.